The molecule has 0 aromatic carbocycles. The van der Waals surface area contributed by atoms with Crippen molar-refractivity contribution in [2.75, 3.05) is 39.3 Å². The quantitative estimate of drug-likeness (QED) is 0.812. The first kappa shape index (κ1) is 16.8. The van der Waals surface area contributed by atoms with Gasteiger partial charge in [0.25, 0.3) is 0 Å². The van der Waals surface area contributed by atoms with Crippen LogP contribution in [0.4, 0.5) is 0 Å². The third-order valence-corrected chi connectivity index (χ3v) is 4.56. The maximum absolute atomic E-state index is 12.6. The Bertz CT molecular complexity index is 319. The number of piperidine rings is 1. The van der Waals surface area contributed by atoms with Gasteiger partial charge in [0.2, 0.25) is 5.91 Å². The Morgan fingerprint density at radius 1 is 1.19 bits per heavy atom. The number of carbonyl (C=O) groups excluding carboxylic acids is 1. The van der Waals surface area contributed by atoms with Crippen molar-refractivity contribution in [3.05, 3.63) is 0 Å². The average Bonchev–Trinajstić information content (AvgIpc) is 2.78. The predicted molar refractivity (Wildman–Crippen MR) is 87.2 cm³/mol. The van der Waals surface area contributed by atoms with Gasteiger partial charge in [0.05, 0.1) is 6.54 Å². The highest BCUT2D eigenvalue weighted by Gasteiger charge is 2.35. The van der Waals surface area contributed by atoms with Crippen LogP contribution in [0.25, 0.3) is 0 Å². The minimum atomic E-state index is 0.316. The highest BCUT2D eigenvalue weighted by molar-refractivity contribution is 5.78. The van der Waals surface area contributed by atoms with E-state index in [1.807, 2.05) is 0 Å². The van der Waals surface area contributed by atoms with E-state index in [-0.39, 0.29) is 0 Å². The topological polar surface area (TPSA) is 35.6 Å². The molecule has 2 aliphatic rings. The number of carbonyl (C=O) groups is 1. The van der Waals surface area contributed by atoms with E-state index in [0.29, 0.717) is 30.3 Å². The highest BCUT2D eigenvalue weighted by Crippen LogP contribution is 2.24. The van der Waals surface area contributed by atoms with Gasteiger partial charge in [-0.1, -0.05) is 27.7 Å². The van der Waals surface area contributed by atoms with E-state index in [0.717, 1.165) is 38.6 Å². The SMILES string of the molecule is CC(C)CN(CC(C)C)C(=O)CN1CC2CCCNC2C1. The van der Waals surface area contributed by atoms with Crippen molar-refractivity contribution in [2.24, 2.45) is 17.8 Å². The van der Waals surface area contributed by atoms with E-state index in [2.05, 4.69) is 42.8 Å². The molecule has 0 spiro atoms. The molecule has 1 N–H and O–H groups in total. The van der Waals surface area contributed by atoms with Gasteiger partial charge >= 0.3 is 0 Å². The summed E-state index contributed by atoms with van der Waals surface area (Å²) in [6.07, 6.45) is 2.61. The normalized spacial score (nSPS) is 26.4. The van der Waals surface area contributed by atoms with Crippen molar-refractivity contribution in [2.45, 2.75) is 46.6 Å². The van der Waals surface area contributed by atoms with Crippen molar-refractivity contribution in [1.82, 2.24) is 15.1 Å². The molecule has 0 aromatic rings. The molecule has 4 nitrogen and oxygen atoms in total. The number of hydrogen-bond acceptors (Lipinski definition) is 3. The first-order valence-corrected chi connectivity index (χ1v) is 8.69. The lowest BCUT2D eigenvalue weighted by atomic mass is 9.94. The van der Waals surface area contributed by atoms with Crippen LogP contribution in [-0.2, 0) is 4.79 Å². The minimum absolute atomic E-state index is 0.316. The van der Waals surface area contributed by atoms with Gasteiger partial charge in [-0.25, -0.2) is 0 Å². The van der Waals surface area contributed by atoms with Crippen LogP contribution < -0.4 is 5.32 Å². The van der Waals surface area contributed by atoms with E-state index >= 15 is 0 Å². The third-order valence-electron chi connectivity index (χ3n) is 4.56. The van der Waals surface area contributed by atoms with Gasteiger partial charge in [-0.3, -0.25) is 9.69 Å². The minimum Gasteiger partial charge on any atom is -0.341 e. The summed E-state index contributed by atoms with van der Waals surface area (Å²) in [6.45, 7) is 14.4. The zero-order valence-corrected chi connectivity index (χ0v) is 14.3. The molecule has 2 heterocycles. The Morgan fingerprint density at radius 2 is 1.86 bits per heavy atom. The summed E-state index contributed by atoms with van der Waals surface area (Å²) in [6, 6.07) is 0.621. The fraction of sp³-hybridized carbons (Fsp3) is 0.941. The van der Waals surface area contributed by atoms with Crippen LogP contribution in [0.1, 0.15) is 40.5 Å². The lowest BCUT2D eigenvalue weighted by molar-refractivity contribution is -0.133. The van der Waals surface area contributed by atoms with Crippen LogP contribution in [0.5, 0.6) is 0 Å². The molecule has 122 valence electrons. The Balaban J connectivity index is 1.86. The average molecular weight is 295 g/mol. The molecule has 0 radical (unpaired) electrons. The Morgan fingerprint density at radius 3 is 2.43 bits per heavy atom. The molecule has 2 saturated heterocycles. The second-order valence-electron chi connectivity index (χ2n) is 7.74. The van der Waals surface area contributed by atoms with Crippen LogP contribution in [-0.4, -0.2) is 61.0 Å². The van der Waals surface area contributed by atoms with Gasteiger partial charge in [0.1, 0.15) is 0 Å². The van der Waals surface area contributed by atoms with E-state index in [9.17, 15) is 4.79 Å². The molecule has 0 saturated carbocycles. The molecule has 2 aliphatic heterocycles. The summed E-state index contributed by atoms with van der Waals surface area (Å²) in [7, 11) is 0. The van der Waals surface area contributed by atoms with E-state index in [4.69, 9.17) is 0 Å². The van der Waals surface area contributed by atoms with Crippen molar-refractivity contribution in [1.29, 1.82) is 0 Å². The zero-order chi connectivity index (χ0) is 15.4. The van der Waals surface area contributed by atoms with Gasteiger partial charge in [0, 0.05) is 32.2 Å². The number of likely N-dealkylation sites (tertiary alicyclic amines) is 1. The molecule has 2 unspecified atom stereocenters. The Kier molecular flexibility index (Phi) is 6.06. The van der Waals surface area contributed by atoms with Gasteiger partial charge < -0.3 is 10.2 Å². The summed E-state index contributed by atoms with van der Waals surface area (Å²) in [5, 5.41) is 3.61. The standard InChI is InChI=1S/C17H33N3O/c1-13(2)8-20(9-14(3)4)17(21)12-19-10-15-6-5-7-18-16(15)11-19/h13-16,18H,5-12H2,1-4H3. The first-order chi connectivity index (χ1) is 9.95. The van der Waals surface area contributed by atoms with E-state index < -0.39 is 0 Å². The molecule has 2 rings (SSSR count). The van der Waals surface area contributed by atoms with Crippen molar-refractivity contribution < 1.29 is 4.79 Å². The van der Waals surface area contributed by atoms with E-state index in [1.165, 1.54) is 12.8 Å². The molecule has 2 fully saturated rings. The molecule has 2 atom stereocenters. The lowest BCUT2D eigenvalue weighted by Crippen LogP contribution is -2.44. The van der Waals surface area contributed by atoms with Crippen molar-refractivity contribution in [3.8, 4) is 0 Å². The fourth-order valence-corrected chi connectivity index (χ4v) is 3.72. The monoisotopic (exact) mass is 295 g/mol. The molecular weight excluding hydrogens is 262 g/mol. The maximum Gasteiger partial charge on any atom is 0.236 e. The number of fused-ring (bicyclic) bond motifs is 1. The molecule has 21 heavy (non-hydrogen) atoms. The Hall–Kier alpha value is -0.610. The van der Waals surface area contributed by atoms with Gasteiger partial charge in [-0.15, -0.1) is 0 Å². The van der Waals surface area contributed by atoms with Crippen LogP contribution >= 0.6 is 0 Å². The van der Waals surface area contributed by atoms with Crippen LogP contribution in [0, 0.1) is 17.8 Å². The van der Waals surface area contributed by atoms with E-state index in [1.54, 1.807) is 0 Å². The van der Waals surface area contributed by atoms with Crippen LogP contribution in [0.2, 0.25) is 0 Å². The van der Waals surface area contributed by atoms with Gasteiger partial charge in [0.15, 0.2) is 0 Å². The highest BCUT2D eigenvalue weighted by atomic mass is 16.2. The largest absolute Gasteiger partial charge is 0.341 e. The first-order valence-electron chi connectivity index (χ1n) is 8.69. The van der Waals surface area contributed by atoms with Gasteiger partial charge in [-0.2, -0.15) is 0 Å². The second kappa shape index (κ2) is 7.59. The smallest absolute Gasteiger partial charge is 0.236 e. The summed E-state index contributed by atoms with van der Waals surface area (Å²) in [4.78, 5) is 17.1. The number of nitrogens with zero attached hydrogens (tertiary/aromatic N) is 2. The van der Waals surface area contributed by atoms with Crippen molar-refractivity contribution >= 4 is 5.91 Å². The number of rotatable bonds is 6. The molecule has 0 aromatic heterocycles. The molecule has 1 amide bonds. The van der Waals surface area contributed by atoms with Crippen LogP contribution in [0.15, 0.2) is 0 Å². The number of nitrogens with one attached hydrogen (secondary N) is 1. The fourth-order valence-electron chi connectivity index (χ4n) is 3.72. The zero-order valence-electron chi connectivity index (χ0n) is 14.3. The Labute approximate surface area is 130 Å². The van der Waals surface area contributed by atoms with Crippen molar-refractivity contribution in [3.63, 3.8) is 0 Å². The predicted octanol–water partition coefficient (Wildman–Crippen LogP) is 1.81. The number of hydrogen-bond donors (Lipinski definition) is 1. The summed E-state index contributed by atoms with van der Waals surface area (Å²) in [5.41, 5.74) is 0. The third kappa shape index (κ3) is 4.96. The summed E-state index contributed by atoms with van der Waals surface area (Å²) < 4.78 is 0. The lowest BCUT2D eigenvalue weighted by Gasteiger charge is -2.28. The molecule has 4 heteroatoms. The molecule has 0 aliphatic carbocycles. The summed E-state index contributed by atoms with van der Waals surface area (Å²) in [5.74, 6) is 2.15. The second-order valence-corrected chi connectivity index (χ2v) is 7.74. The number of amides is 1. The molecule has 0 bridgehead atoms. The summed E-state index contributed by atoms with van der Waals surface area (Å²) >= 11 is 0. The molecular formula is C17H33N3O. The van der Waals surface area contributed by atoms with Crippen LogP contribution in [0.3, 0.4) is 0 Å². The van der Waals surface area contributed by atoms with Gasteiger partial charge in [-0.05, 0) is 37.1 Å². The maximum atomic E-state index is 12.6.